The van der Waals surface area contributed by atoms with Crippen LogP contribution in [-0.2, 0) is 9.53 Å². The van der Waals surface area contributed by atoms with Gasteiger partial charge in [0.1, 0.15) is 17.3 Å². The topological polar surface area (TPSA) is 91.0 Å². The quantitative estimate of drug-likeness (QED) is 0.643. The molecule has 0 radical (unpaired) electrons. The van der Waals surface area contributed by atoms with Crippen LogP contribution in [0.5, 0.6) is 5.75 Å². The van der Waals surface area contributed by atoms with E-state index in [1.807, 2.05) is 6.92 Å². The summed E-state index contributed by atoms with van der Waals surface area (Å²) in [5.41, 5.74) is 6.85. The van der Waals surface area contributed by atoms with Gasteiger partial charge < -0.3 is 15.2 Å². The molecule has 2 rings (SSSR count). The summed E-state index contributed by atoms with van der Waals surface area (Å²) in [6.07, 6.45) is 0.733. The van der Waals surface area contributed by atoms with Gasteiger partial charge in [0.25, 0.3) is 0 Å². The fourth-order valence-electron chi connectivity index (χ4n) is 2.13. The van der Waals surface area contributed by atoms with E-state index in [-0.39, 0.29) is 30.7 Å². The Morgan fingerprint density at radius 2 is 2.14 bits per heavy atom. The molecule has 2 N–H and O–H groups in total. The van der Waals surface area contributed by atoms with E-state index in [0.29, 0.717) is 35.9 Å². The lowest BCUT2D eigenvalue weighted by Crippen LogP contribution is -2.33. The second kappa shape index (κ2) is 7.06. The molecule has 0 fully saturated rings. The third-order valence-electron chi connectivity index (χ3n) is 3.34. The van der Waals surface area contributed by atoms with E-state index in [4.69, 9.17) is 15.2 Å². The zero-order chi connectivity index (χ0) is 16.1. The summed E-state index contributed by atoms with van der Waals surface area (Å²) in [4.78, 5) is 27.6. The molecule has 6 nitrogen and oxygen atoms in total. The molecule has 118 valence electrons. The van der Waals surface area contributed by atoms with E-state index in [0.717, 1.165) is 0 Å². The van der Waals surface area contributed by atoms with Gasteiger partial charge in [0.05, 0.1) is 6.61 Å². The molecule has 1 aromatic carbocycles. The number of carbonyl (C=O) groups is 2. The predicted octanol–water partition coefficient (Wildman–Crippen LogP) is 2.37. The first-order chi connectivity index (χ1) is 10.5. The van der Waals surface area contributed by atoms with Crippen molar-refractivity contribution in [2.75, 3.05) is 6.61 Å². The molecule has 1 aliphatic rings. The molecule has 1 atom stereocenters. The molecule has 1 aliphatic heterocycles. The highest BCUT2D eigenvalue weighted by atomic mass is 16.5. The number of fused-ring (bicyclic) bond motifs is 1. The number of carbonyl (C=O) groups excluding carboxylic acids is 2. The molecule has 1 heterocycles. The SMILES string of the molecule is CCOC(=O)CCCC(=O)c1ccc2c(c1)N=C(N)C(C)O2. The van der Waals surface area contributed by atoms with Crippen LogP contribution >= 0.6 is 0 Å². The van der Waals surface area contributed by atoms with Crippen molar-refractivity contribution >= 4 is 23.3 Å². The first kappa shape index (κ1) is 16.0. The molecule has 0 bridgehead atoms. The normalized spacial score (nSPS) is 16.3. The highest BCUT2D eigenvalue weighted by molar-refractivity contribution is 5.98. The number of ketones is 1. The smallest absolute Gasteiger partial charge is 0.305 e. The van der Waals surface area contributed by atoms with Crippen molar-refractivity contribution in [1.82, 2.24) is 0 Å². The van der Waals surface area contributed by atoms with Gasteiger partial charge in [-0.1, -0.05) is 0 Å². The van der Waals surface area contributed by atoms with Crippen LogP contribution in [0.4, 0.5) is 5.69 Å². The van der Waals surface area contributed by atoms with Gasteiger partial charge in [-0.05, 0) is 38.5 Å². The minimum atomic E-state index is -0.277. The standard InChI is InChI=1S/C16H20N2O4/c1-3-21-15(20)6-4-5-13(19)11-7-8-14-12(9-11)18-16(17)10(2)22-14/h7-10H,3-6H2,1-2H3,(H2,17,18). The average molecular weight is 304 g/mol. The van der Waals surface area contributed by atoms with Crippen LogP contribution in [0.1, 0.15) is 43.5 Å². The van der Waals surface area contributed by atoms with Gasteiger partial charge in [0, 0.05) is 18.4 Å². The van der Waals surface area contributed by atoms with Gasteiger partial charge in [-0.25, -0.2) is 4.99 Å². The van der Waals surface area contributed by atoms with Gasteiger partial charge in [-0.2, -0.15) is 0 Å². The molecule has 0 amide bonds. The Hall–Kier alpha value is -2.37. The number of hydrogen-bond donors (Lipinski definition) is 1. The van der Waals surface area contributed by atoms with Gasteiger partial charge >= 0.3 is 5.97 Å². The average Bonchev–Trinajstić information content (AvgIpc) is 2.48. The highest BCUT2D eigenvalue weighted by Gasteiger charge is 2.19. The Labute approximate surface area is 129 Å². The number of amidine groups is 1. The molecule has 22 heavy (non-hydrogen) atoms. The zero-order valence-corrected chi connectivity index (χ0v) is 12.8. The third kappa shape index (κ3) is 3.84. The van der Waals surface area contributed by atoms with Gasteiger partial charge in [0.2, 0.25) is 0 Å². The molecular weight excluding hydrogens is 284 g/mol. The number of ether oxygens (including phenoxy) is 2. The summed E-state index contributed by atoms with van der Waals surface area (Å²) in [5.74, 6) is 0.684. The van der Waals surface area contributed by atoms with Crippen LogP contribution in [0.2, 0.25) is 0 Å². The molecule has 0 aliphatic carbocycles. The fourth-order valence-corrected chi connectivity index (χ4v) is 2.13. The van der Waals surface area contributed by atoms with Crippen LogP contribution in [0.3, 0.4) is 0 Å². The largest absolute Gasteiger partial charge is 0.481 e. The molecular formula is C16H20N2O4. The molecule has 1 aromatic rings. The van der Waals surface area contributed by atoms with Crippen molar-refractivity contribution < 1.29 is 19.1 Å². The number of hydrogen-bond acceptors (Lipinski definition) is 6. The molecule has 0 aromatic heterocycles. The van der Waals surface area contributed by atoms with E-state index >= 15 is 0 Å². The number of nitrogens with two attached hydrogens (primary N) is 1. The Kier molecular flexibility index (Phi) is 5.14. The Morgan fingerprint density at radius 3 is 2.86 bits per heavy atom. The number of rotatable bonds is 6. The van der Waals surface area contributed by atoms with Crippen molar-refractivity contribution in [2.24, 2.45) is 10.7 Å². The second-order valence-electron chi connectivity index (χ2n) is 5.06. The summed E-state index contributed by atoms with van der Waals surface area (Å²) < 4.78 is 10.4. The predicted molar refractivity (Wildman–Crippen MR) is 82.6 cm³/mol. The second-order valence-corrected chi connectivity index (χ2v) is 5.06. The molecule has 6 heteroatoms. The molecule has 0 saturated carbocycles. The summed E-state index contributed by atoms with van der Waals surface area (Å²) in [6.45, 7) is 3.93. The minimum Gasteiger partial charge on any atom is -0.481 e. The Bertz CT molecular complexity index is 610. The van der Waals surface area contributed by atoms with Crippen molar-refractivity contribution in [1.29, 1.82) is 0 Å². The fraction of sp³-hybridized carbons (Fsp3) is 0.438. The summed E-state index contributed by atoms with van der Waals surface area (Å²) in [5, 5.41) is 0. The Morgan fingerprint density at radius 1 is 1.36 bits per heavy atom. The van der Waals surface area contributed by atoms with Crippen LogP contribution in [0, 0.1) is 0 Å². The van der Waals surface area contributed by atoms with Gasteiger partial charge in [-0.15, -0.1) is 0 Å². The van der Waals surface area contributed by atoms with Crippen LogP contribution < -0.4 is 10.5 Å². The Balaban J connectivity index is 1.98. The van der Waals surface area contributed by atoms with E-state index in [2.05, 4.69) is 4.99 Å². The number of aliphatic imine (C=N–C) groups is 1. The van der Waals surface area contributed by atoms with Crippen molar-refractivity contribution in [3.8, 4) is 5.75 Å². The summed E-state index contributed by atoms with van der Waals surface area (Å²) >= 11 is 0. The lowest BCUT2D eigenvalue weighted by molar-refractivity contribution is -0.143. The number of Topliss-reactive ketones (excluding diaryl/α,β-unsaturated/α-hetero) is 1. The lowest BCUT2D eigenvalue weighted by Gasteiger charge is -2.21. The van der Waals surface area contributed by atoms with Gasteiger partial charge in [0.15, 0.2) is 11.9 Å². The first-order valence-corrected chi connectivity index (χ1v) is 7.35. The highest BCUT2D eigenvalue weighted by Crippen LogP contribution is 2.33. The van der Waals surface area contributed by atoms with E-state index in [1.54, 1.807) is 25.1 Å². The number of benzene rings is 1. The first-order valence-electron chi connectivity index (χ1n) is 7.35. The van der Waals surface area contributed by atoms with Crippen molar-refractivity contribution in [3.05, 3.63) is 23.8 Å². The molecule has 0 saturated heterocycles. The summed E-state index contributed by atoms with van der Waals surface area (Å²) in [6, 6.07) is 5.09. The van der Waals surface area contributed by atoms with Crippen molar-refractivity contribution in [2.45, 2.75) is 39.2 Å². The minimum absolute atomic E-state index is 0.0421. The number of esters is 1. The van der Waals surface area contributed by atoms with E-state index in [1.165, 1.54) is 0 Å². The van der Waals surface area contributed by atoms with Gasteiger partial charge in [-0.3, -0.25) is 9.59 Å². The molecule has 0 spiro atoms. The number of nitrogens with zero attached hydrogens (tertiary/aromatic N) is 1. The maximum atomic E-state index is 12.1. The lowest BCUT2D eigenvalue weighted by atomic mass is 10.0. The maximum absolute atomic E-state index is 12.1. The zero-order valence-electron chi connectivity index (χ0n) is 12.8. The van der Waals surface area contributed by atoms with Crippen molar-refractivity contribution in [3.63, 3.8) is 0 Å². The maximum Gasteiger partial charge on any atom is 0.305 e. The van der Waals surface area contributed by atoms with Crippen LogP contribution in [0.25, 0.3) is 0 Å². The summed E-state index contributed by atoms with van der Waals surface area (Å²) in [7, 11) is 0. The van der Waals surface area contributed by atoms with E-state index in [9.17, 15) is 9.59 Å². The van der Waals surface area contributed by atoms with Crippen LogP contribution in [0.15, 0.2) is 23.2 Å². The molecule has 1 unspecified atom stereocenters. The van der Waals surface area contributed by atoms with Crippen LogP contribution in [-0.4, -0.2) is 30.3 Å². The third-order valence-corrected chi connectivity index (χ3v) is 3.34. The monoisotopic (exact) mass is 304 g/mol. The van der Waals surface area contributed by atoms with E-state index < -0.39 is 0 Å².